The fourth-order valence-corrected chi connectivity index (χ4v) is 3.28. The standard InChI is InChI=1S/C23H27FN2O2/c1-16(2)28-14-6-13-25-22(27)12-10-19-20-15-18(24)9-11-21(20)26-23(19)17-7-4-3-5-8-17/h3-5,7-9,11,15-16,26H,6,10,12-14H2,1-2H3,(H,25,27). The van der Waals surface area contributed by atoms with Crippen molar-refractivity contribution >= 4 is 16.8 Å². The monoisotopic (exact) mass is 382 g/mol. The number of fused-ring (bicyclic) bond motifs is 1. The molecule has 148 valence electrons. The molecule has 3 aromatic rings. The first kappa shape index (κ1) is 20.1. The van der Waals surface area contributed by atoms with Crippen LogP contribution >= 0.6 is 0 Å². The molecule has 4 nitrogen and oxygen atoms in total. The van der Waals surface area contributed by atoms with E-state index in [1.165, 1.54) is 12.1 Å². The summed E-state index contributed by atoms with van der Waals surface area (Å²) in [5, 5.41) is 3.76. The number of aromatic amines is 1. The van der Waals surface area contributed by atoms with Crippen LogP contribution in [0.3, 0.4) is 0 Å². The first-order valence-electron chi connectivity index (χ1n) is 9.78. The maximum atomic E-state index is 13.8. The Hall–Kier alpha value is -2.66. The summed E-state index contributed by atoms with van der Waals surface area (Å²) in [5.74, 6) is -0.281. The molecule has 0 aliphatic heterocycles. The fourth-order valence-electron chi connectivity index (χ4n) is 3.28. The fraction of sp³-hybridized carbons (Fsp3) is 0.348. The van der Waals surface area contributed by atoms with Gasteiger partial charge >= 0.3 is 0 Å². The molecule has 1 aromatic heterocycles. The Morgan fingerprint density at radius 3 is 2.71 bits per heavy atom. The lowest BCUT2D eigenvalue weighted by molar-refractivity contribution is -0.121. The first-order chi connectivity index (χ1) is 13.5. The van der Waals surface area contributed by atoms with Crippen molar-refractivity contribution in [3.8, 4) is 11.3 Å². The molecule has 0 fully saturated rings. The van der Waals surface area contributed by atoms with Crippen LogP contribution < -0.4 is 5.32 Å². The second kappa shape index (κ2) is 9.51. The van der Waals surface area contributed by atoms with Gasteiger partial charge in [-0.15, -0.1) is 0 Å². The minimum absolute atomic E-state index is 0.00527. The van der Waals surface area contributed by atoms with Gasteiger partial charge in [0.05, 0.1) is 6.10 Å². The molecule has 0 aliphatic carbocycles. The number of carbonyl (C=O) groups is 1. The Kier molecular flexibility index (Phi) is 6.82. The average molecular weight is 382 g/mol. The second-order valence-corrected chi connectivity index (χ2v) is 7.16. The van der Waals surface area contributed by atoms with Gasteiger partial charge in [0.15, 0.2) is 0 Å². The molecule has 1 heterocycles. The number of ether oxygens (including phenoxy) is 1. The molecule has 5 heteroatoms. The molecule has 0 radical (unpaired) electrons. The number of aromatic nitrogens is 1. The summed E-state index contributed by atoms with van der Waals surface area (Å²) in [7, 11) is 0. The summed E-state index contributed by atoms with van der Waals surface area (Å²) in [5.41, 5.74) is 3.82. The van der Waals surface area contributed by atoms with Gasteiger partial charge in [0.1, 0.15) is 5.82 Å². The zero-order chi connectivity index (χ0) is 19.9. The number of hydrogen-bond acceptors (Lipinski definition) is 2. The summed E-state index contributed by atoms with van der Waals surface area (Å²) >= 11 is 0. The van der Waals surface area contributed by atoms with E-state index in [1.807, 2.05) is 44.2 Å². The van der Waals surface area contributed by atoms with Gasteiger partial charge in [0.25, 0.3) is 0 Å². The number of carbonyl (C=O) groups excluding carboxylic acids is 1. The first-order valence-corrected chi connectivity index (χ1v) is 9.78. The van der Waals surface area contributed by atoms with Crippen molar-refractivity contribution in [2.24, 2.45) is 0 Å². The summed E-state index contributed by atoms with van der Waals surface area (Å²) in [6.45, 7) is 5.22. The number of hydrogen-bond donors (Lipinski definition) is 2. The van der Waals surface area contributed by atoms with E-state index < -0.39 is 0 Å². The Morgan fingerprint density at radius 2 is 1.96 bits per heavy atom. The largest absolute Gasteiger partial charge is 0.379 e. The molecule has 0 aliphatic rings. The molecule has 0 atom stereocenters. The average Bonchev–Trinajstić information content (AvgIpc) is 3.04. The number of amides is 1. The van der Waals surface area contributed by atoms with Crippen molar-refractivity contribution in [2.75, 3.05) is 13.2 Å². The molecule has 2 aromatic carbocycles. The van der Waals surface area contributed by atoms with Crippen molar-refractivity contribution in [3.63, 3.8) is 0 Å². The molecule has 28 heavy (non-hydrogen) atoms. The number of rotatable bonds is 9. The molecule has 1 amide bonds. The Labute approximate surface area is 165 Å². The van der Waals surface area contributed by atoms with Crippen molar-refractivity contribution in [3.05, 3.63) is 59.9 Å². The lowest BCUT2D eigenvalue weighted by atomic mass is 10.0. The van der Waals surface area contributed by atoms with Gasteiger partial charge < -0.3 is 15.0 Å². The predicted octanol–water partition coefficient (Wildman–Crippen LogP) is 4.84. The third-order valence-corrected chi connectivity index (χ3v) is 4.63. The number of benzene rings is 2. The SMILES string of the molecule is CC(C)OCCCNC(=O)CCc1c(-c2ccccc2)[nH]c2ccc(F)cc12. The van der Waals surface area contributed by atoms with Gasteiger partial charge in [-0.05, 0) is 56.0 Å². The van der Waals surface area contributed by atoms with Crippen molar-refractivity contribution in [1.82, 2.24) is 10.3 Å². The van der Waals surface area contributed by atoms with E-state index in [9.17, 15) is 9.18 Å². The van der Waals surface area contributed by atoms with E-state index in [4.69, 9.17) is 4.74 Å². The normalized spacial score (nSPS) is 11.3. The third-order valence-electron chi connectivity index (χ3n) is 4.63. The third kappa shape index (κ3) is 5.20. The van der Waals surface area contributed by atoms with Crippen LogP contribution in [0, 0.1) is 5.82 Å². The zero-order valence-corrected chi connectivity index (χ0v) is 16.4. The van der Waals surface area contributed by atoms with Crippen molar-refractivity contribution in [2.45, 2.75) is 39.2 Å². The lowest BCUT2D eigenvalue weighted by Crippen LogP contribution is -2.25. The van der Waals surface area contributed by atoms with E-state index >= 15 is 0 Å². The maximum absolute atomic E-state index is 13.8. The van der Waals surface area contributed by atoms with Crippen LogP contribution in [-0.4, -0.2) is 30.1 Å². The van der Waals surface area contributed by atoms with Gasteiger partial charge in [0.2, 0.25) is 5.91 Å². The van der Waals surface area contributed by atoms with Gasteiger partial charge in [0, 0.05) is 36.2 Å². The van der Waals surface area contributed by atoms with Crippen molar-refractivity contribution in [1.29, 1.82) is 0 Å². The highest BCUT2D eigenvalue weighted by Crippen LogP contribution is 2.31. The Balaban J connectivity index is 1.69. The second-order valence-electron chi connectivity index (χ2n) is 7.16. The number of aryl methyl sites for hydroxylation is 1. The van der Waals surface area contributed by atoms with Crippen molar-refractivity contribution < 1.29 is 13.9 Å². The molecule has 0 saturated carbocycles. The molecular weight excluding hydrogens is 355 g/mol. The highest BCUT2D eigenvalue weighted by atomic mass is 19.1. The van der Waals surface area contributed by atoms with Crippen LogP contribution in [0.5, 0.6) is 0 Å². The van der Waals surface area contributed by atoms with Crippen LogP contribution in [0.25, 0.3) is 22.2 Å². The minimum Gasteiger partial charge on any atom is -0.379 e. The lowest BCUT2D eigenvalue weighted by Gasteiger charge is -2.09. The summed E-state index contributed by atoms with van der Waals surface area (Å²) < 4.78 is 19.3. The number of halogens is 1. The quantitative estimate of drug-likeness (QED) is 0.521. The molecule has 2 N–H and O–H groups in total. The Morgan fingerprint density at radius 1 is 1.18 bits per heavy atom. The topological polar surface area (TPSA) is 54.1 Å². The molecule has 0 spiro atoms. The van der Waals surface area contributed by atoms with Gasteiger partial charge in [-0.2, -0.15) is 0 Å². The molecule has 3 rings (SSSR count). The van der Waals surface area contributed by atoms with Gasteiger partial charge in [-0.1, -0.05) is 30.3 Å². The van der Waals surface area contributed by atoms with E-state index in [-0.39, 0.29) is 17.8 Å². The zero-order valence-electron chi connectivity index (χ0n) is 16.4. The highest BCUT2D eigenvalue weighted by Gasteiger charge is 2.15. The van der Waals surface area contributed by atoms with E-state index in [2.05, 4.69) is 10.3 Å². The smallest absolute Gasteiger partial charge is 0.220 e. The maximum Gasteiger partial charge on any atom is 0.220 e. The Bertz CT molecular complexity index is 919. The van der Waals surface area contributed by atoms with Crippen LogP contribution in [0.4, 0.5) is 4.39 Å². The molecule has 0 saturated heterocycles. The van der Waals surface area contributed by atoms with E-state index in [1.54, 1.807) is 6.07 Å². The predicted molar refractivity (Wildman–Crippen MR) is 111 cm³/mol. The minimum atomic E-state index is -0.276. The number of H-pyrrole nitrogens is 1. The van der Waals surface area contributed by atoms with Crippen LogP contribution in [0.15, 0.2) is 48.5 Å². The number of nitrogens with one attached hydrogen (secondary N) is 2. The van der Waals surface area contributed by atoms with Crippen LogP contribution in [0.2, 0.25) is 0 Å². The summed E-state index contributed by atoms with van der Waals surface area (Å²) in [6.07, 6.45) is 1.89. The van der Waals surface area contributed by atoms with Gasteiger partial charge in [-0.3, -0.25) is 4.79 Å². The molecule has 0 bridgehead atoms. The van der Waals surface area contributed by atoms with Crippen LogP contribution in [-0.2, 0) is 16.0 Å². The van der Waals surface area contributed by atoms with Gasteiger partial charge in [-0.25, -0.2) is 4.39 Å². The summed E-state index contributed by atoms with van der Waals surface area (Å²) in [4.78, 5) is 15.6. The van der Waals surface area contributed by atoms with E-state index in [0.29, 0.717) is 26.0 Å². The molecule has 0 unspecified atom stereocenters. The molecular formula is C23H27FN2O2. The summed E-state index contributed by atoms with van der Waals surface area (Å²) in [6, 6.07) is 14.7. The highest BCUT2D eigenvalue weighted by molar-refractivity contribution is 5.91. The van der Waals surface area contributed by atoms with E-state index in [0.717, 1.165) is 34.1 Å². The van der Waals surface area contributed by atoms with Crippen LogP contribution in [0.1, 0.15) is 32.3 Å².